The van der Waals surface area contributed by atoms with Crippen LogP contribution in [0.1, 0.15) is 11.1 Å². The molecule has 0 atom stereocenters. The van der Waals surface area contributed by atoms with Crippen molar-refractivity contribution in [1.82, 2.24) is 0 Å². The maximum absolute atomic E-state index is 10.4. The molecule has 0 aliphatic heterocycles. The Labute approximate surface area is 74.6 Å². The van der Waals surface area contributed by atoms with E-state index in [4.69, 9.17) is 11.7 Å². The van der Waals surface area contributed by atoms with Gasteiger partial charge in [-0.3, -0.25) is 10.1 Å². The summed E-state index contributed by atoms with van der Waals surface area (Å²) < 4.78 is 0. The first-order valence-corrected chi connectivity index (χ1v) is 3.34. The minimum Gasteiger partial charge on any atom is -0.258 e. The van der Waals surface area contributed by atoms with Gasteiger partial charge in [0.2, 0.25) is 0 Å². The first kappa shape index (κ1) is 8.76. The summed E-state index contributed by atoms with van der Waals surface area (Å²) in [5.41, 5.74) is 0.160. The zero-order valence-electron chi connectivity index (χ0n) is 6.52. The molecule has 1 rings (SSSR count). The third kappa shape index (κ3) is 1.63. The van der Waals surface area contributed by atoms with Gasteiger partial charge in [0.25, 0.3) is 5.69 Å². The molecular formula is C9H4N2O2. The van der Waals surface area contributed by atoms with Crippen LogP contribution in [0.15, 0.2) is 18.2 Å². The second-order valence-corrected chi connectivity index (χ2v) is 2.25. The topological polar surface area (TPSA) is 66.9 Å². The highest BCUT2D eigenvalue weighted by atomic mass is 16.6. The van der Waals surface area contributed by atoms with Gasteiger partial charge in [0, 0.05) is 11.6 Å². The summed E-state index contributed by atoms with van der Waals surface area (Å²) in [6, 6.07) is 5.76. The van der Waals surface area contributed by atoms with E-state index >= 15 is 0 Å². The summed E-state index contributed by atoms with van der Waals surface area (Å²) in [7, 11) is 0. The molecule has 0 aromatic heterocycles. The molecule has 0 bridgehead atoms. The van der Waals surface area contributed by atoms with Crippen LogP contribution >= 0.6 is 0 Å². The zero-order valence-corrected chi connectivity index (χ0v) is 6.52. The molecule has 0 radical (unpaired) electrons. The van der Waals surface area contributed by atoms with E-state index in [0.29, 0.717) is 5.56 Å². The number of nitrogens with zero attached hydrogens (tertiary/aromatic N) is 2. The Kier molecular flexibility index (Phi) is 2.28. The Morgan fingerprint density at radius 1 is 1.54 bits per heavy atom. The average molecular weight is 172 g/mol. The second-order valence-electron chi connectivity index (χ2n) is 2.25. The molecule has 4 heteroatoms. The summed E-state index contributed by atoms with van der Waals surface area (Å²) in [5, 5.41) is 19.0. The van der Waals surface area contributed by atoms with Crippen molar-refractivity contribution < 1.29 is 4.92 Å². The number of hydrogen-bond acceptors (Lipinski definition) is 3. The Bertz CT molecular complexity index is 438. The lowest BCUT2D eigenvalue weighted by Crippen LogP contribution is -1.92. The summed E-state index contributed by atoms with van der Waals surface area (Å²) in [6.07, 6.45) is 5.05. The van der Waals surface area contributed by atoms with Gasteiger partial charge in [0.1, 0.15) is 11.6 Å². The molecule has 0 heterocycles. The molecule has 0 spiro atoms. The van der Waals surface area contributed by atoms with Gasteiger partial charge in [-0.25, -0.2) is 0 Å². The molecule has 0 N–H and O–H groups in total. The number of rotatable bonds is 1. The minimum atomic E-state index is -0.626. The molecule has 1 aromatic carbocycles. The van der Waals surface area contributed by atoms with E-state index in [1.54, 1.807) is 6.07 Å². The van der Waals surface area contributed by atoms with Crippen LogP contribution in [0.4, 0.5) is 5.69 Å². The third-order valence-corrected chi connectivity index (χ3v) is 1.48. The van der Waals surface area contributed by atoms with Gasteiger partial charge in [-0.1, -0.05) is 5.92 Å². The van der Waals surface area contributed by atoms with Crippen molar-refractivity contribution >= 4 is 5.69 Å². The number of hydrogen-bond donors (Lipinski definition) is 0. The molecule has 4 nitrogen and oxygen atoms in total. The van der Waals surface area contributed by atoms with Crippen LogP contribution in [0.3, 0.4) is 0 Å². The molecule has 0 aliphatic rings. The van der Waals surface area contributed by atoms with Crippen LogP contribution in [0.2, 0.25) is 0 Å². The minimum absolute atomic E-state index is 0.0176. The second kappa shape index (κ2) is 3.38. The maximum Gasteiger partial charge on any atom is 0.288 e. The SMILES string of the molecule is C#Cc1ccc(C#N)c([N+](=O)[O-])c1. The van der Waals surface area contributed by atoms with Crippen molar-refractivity contribution in [3.05, 3.63) is 39.4 Å². The van der Waals surface area contributed by atoms with Gasteiger partial charge in [0.05, 0.1) is 4.92 Å². The van der Waals surface area contributed by atoms with E-state index in [2.05, 4.69) is 5.92 Å². The summed E-state index contributed by atoms with van der Waals surface area (Å²) >= 11 is 0. The molecule has 1 aromatic rings. The quantitative estimate of drug-likeness (QED) is 0.365. The van der Waals surface area contributed by atoms with E-state index < -0.39 is 4.92 Å². The fraction of sp³-hybridized carbons (Fsp3) is 0. The van der Waals surface area contributed by atoms with Crippen molar-refractivity contribution in [3.8, 4) is 18.4 Å². The molecule has 0 saturated carbocycles. The lowest BCUT2D eigenvalue weighted by atomic mass is 10.1. The fourth-order valence-electron chi connectivity index (χ4n) is 0.867. The van der Waals surface area contributed by atoms with Gasteiger partial charge in [-0.05, 0) is 12.1 Å². The highest BCUT2D eigenvalue weighted by Gasteiger charge is 2.12. The van der Waals surface area contributed by atoms with E-state index in [9.17, 15) is 10.1 Å². The predicted octanol–water partition coefficient (Wildman–Crippen LogP) is 1.45. The van der Waals surface area contributed by atoms with Gasteiger partial charge in [-0.15, -0.1) is 6.42 Å². The predicted molar refractivity (Wildman–Crippen MR) is 45.7 cm³/mol. The zero-order chi connectivity index (χ0) is 9.84. The smallest absolute Gasteiger partial charge is 0.258 e. The highest BCUT2D eigenvalue weighted by Crippen LogP contribution is 2.18. The molecule has 0 amide bonds. The standard InChI is InChI=1S/C9H4N2O2/c1-2-7-3-4-8(6-10)9(5-7)11(12)13/h1,3-5H. The maximum atomic E-state index is 10.4. The number of nitriles is 1. The number of nitro groups is 1. The van der Waals surface area contributed by atoms with E-state index in [-0.39, 0.29) is 11.3 Å². The van der Waals surface area contributed by atoms with Gasteiger partial charge in [0.15, 0.2) is 0 Å². The summed E-state index contributed by atoms with van der Waals surface area (Å²) in [5.74, 6) is 2.26. The van der Waals surface area contributed by atoms with Crippen LogP contribution in [0.5, 0.6) is 0 Å². The van der Waals surface area contributed by atoms with Crippen molar-refractivity contribution in [2.75, 3.05) is 0 Å². The Balaban J connectivity index is 3.39. The number of benzene rings is 1. The Morgan fingerprint density at radius 2 is 2.23 bits per heavy atom. The molecule has 0 aliphatic carbocycles. The first-order chi connectivity index (χ1) is 6.19. The highest BCUT2D eigenvalue weighted by molar-refractivity contribution is 5.53. The van der Waals surface area contributed by atoms with Crippen molar-refractivity contribution in [1.29, 1.82) is 5.26 Å². The van der Waals surface area contributed by atoms with Gasteiger partial charge < -0.3 is 0 Å². The average Bonchev–Trinajstić information content (AvgIpc) is 2.16. The largest absolute Gasteiger partial charge is 0.288 e. The first-order valence-electron chi connectivity index (χ1n) is 3.34. The summed E-state index contributed by atoms with van der Waals surface area (Å²) in [4.78, 5) is 9.81. The van der Waals surface area contributed by atoms with Crippen LogP contribution < -0.4 is 0 Å². The van der Waals surface area contributed by atoms with Crippen LogP contribution in [-0.4, -0.2) is 4.92 Å². The van der Waals surface area contributed by atoms with E-state index in [0.717, 1.165) is 0 Å². The Morgan fingerprint density at radius 3 is 2.69 bits per heavy atom. The molecule has 13 heavy (non-hydrogen) atoms. The van der Waals surface area contributed by atoms with Crippen LogP contribution in [0, 0.1) is 33.8 Å². The van der Waals surface area contributed by atoms with Crippen molar-refractivity contribution in [2.45, 2.75) is 0 Å². The van der Waals surface area contributed by atoms with Crippen molar-refractivity contribution in [2.24, 2.45) is 0 Å². The molecule has 0 unspecified atom stereocenters. The molecule has 62 valence electrons. The third-order valence-electron chi connectivity index (χ3n) is 1.48. The fourth-order valence-corrected chi connectivity index (χ4v) is 0.867. The van der Waals surface area contributed by atoms with E-state index in [1.807, 2.05) is 0 Å². The molecule has 0 saturated heterocycles. The van der Waals surface area contributed by atoms with E-state index in [1.165, 1.54) is 18.2 Å². The molecular weight excluding hydrogens is 168 g/mol. The van der Waals surface area contributed by atoms with Crippen LogP contribution in [-0.2, 0) is 0 Å². The molecule has 0 fully saturated rings. The monoisotopic (exact) mass is 172 g/mol. The van der Waals surface area contributed by atoms with Crippen LogP contribution in [0.25, 0.3) is 0 Å². The normalized spacial score (nSPS) is 8.46. The van der Waals surface area contributed by atoms with Gasteiger partial charge >= 0.3 is 0 Å². The summed E-state index contributed by atoms with van der Waals surface area (Å²) in [6.45, 7) is 0. The lowest BCUT2D eigenvalue weighted by Gasteiger charge is -1.94. The number of nitro benzene ring substituents is 1. The van der Waals surface area contributed by atoms with Gasteiger partial charge in [-0.2, -0.15) is 5.26 Å². The number of terminal acetylenes is 1. The lowest BCUT2D eigenvalue weighted by molar-refractivity contribution is -0.385. The Hall–Kier alpha value is -2.33. The van der Waals surface area contributed by atoms with Crippen molar-refractivity contribution in [3.63, 3.8) is 0 Å².